The second kappa shape index (κ2) is 12.6. The number of carbonyl (C=O) groups is 2. The van der Waals surface area contributed by atoms with Gasteiger partial charge in [-0.2, -0.15) is 0 Å². The molecule has 1 rings (SSSR count). The van der Waals surface area contributed by atoms with Gasteiger partial charge in [-0.3, -0.25) is 4.79 Å². The molecule has 0 aliphatic carbocycles. The minimum Gasteiger partial charge on any atom is -0.480 e. The first-order chi connectivity index (χ1) is 7.02. The van der Waals surface area contributed by atoms with Crippen molar-refractivity contribution in [1.82, 2.24) is 10.6 Å². The third-order valence-electron chi connectivity index (χ3n) is 2.61. The minimum absolute atomic E-state index is 0. The Hall–Kier alpha value is 1.90. The minimum atomic E-state index is -0.976. The summed E-state index contributed by atoms with van der Waals surface area (Å²) in [5, 5.41) is 14.5. The van der Waals surface area contributed by atoms with Crippen molar-refractivity contribution < 1.29 is 14.7 Å². The molecule has 1 heterocycles. The zero-order valence-electron chi connectivity index (χ0n) is 12.1. The maximum Gasteiger partial charge on any atom is 0.326 e. The maximum atomic E-state index is 11.6. The largest absolute Gasteiger partial charge is 0.480 e. The predicted octanol–water partition coefficient (Wildman–Crippen LogP) is -1.18. The molecule has 0 unspecified atom stereocenters. The van der Waals surface area contributed by atoms with Gasteiger partial charge < -0.3 is 15.7 Å². The Morgan fingerprint density at radius 2 is 1.83 bits per heavy atom. The number of carboxylic acid groups (broad SMARTS) is 1. The summed E-state index contributed by atoms with van der Waals surface area (Å²) in [6.07, 6.45) is 1.76. The van der Waals surface area contributed by atoms with E-state index in [0.717, 1.165) is 19.4 Å². The van der Waals surface area contributed by atoms with Crippen LogP contribution in [0.4, 0.5) is 0 Å². The van der Waals surface area contributed by atoms with Gasteiger partial charge in [0.05, 0.1) is 6.04 Å². The summed E-state index contributed by atoms with van der Waals surface area (Å²) in [7, 11) is 0. The van der Waals surface area contributed by atoms with E-state index in [1.165, 1.54) is 0 Å². The van der Waals surface area contributed by atoms with Crippen molar-refractivity contribution in [2.45, 2.75) is 38.8 Å². The second-order valence-electron chi connectivity index (χ2n) is 4.22. The number of aliphatic carboxylic acids is 1. The molecular formula is C10H18N2Na3O3. The first-order valence-electron chi connectivity index (χ1n) is 5.29. The normalized spacial score (nSPS) is 18.9. The van der Waals surface area contributed by atoms with Crippen LogP contribution < -0.4 is 10.6 Å². The fourth-order valence-electron chi connectivity index (χ4n) is 1.68. The second-order valence-corrected chi connectivity index (χ2v) is 4.22. The average Bonchev–Trinajstić information content (AvgIpc) is 2.65. The Morgan fingerprint density at radius 3 is 2.17 bits per heavy atom. The van der Waals surface area contributed by atoms with Gasteiger partial charge in [-0.1, -0.05) is 13.8 Å². The molecule has 5 nitrogen and oxygen atoms in total. The Balaban J connectivity index is -0.000000750. The zero-order chi connectivity index (χ0) is 11.4. The van der Waals surface area contributed by atoms with Gasteiger partial charge in [0.1, 0.15) is 6.04 Å². The van der Waals surface area contributed by atoms with Crippen molar-refractivity contribution in [2.75, 3.05) is 6.54 Å². The van der Waals surface area contributed by atoms with Crippen LogP contribution >= 0.6 is 0 Å². The SMILES string of the molecule is CC(C)[C@H](NC(=O)[C@@H]1CCCN1)C(=O)O.[Na].[Na].[Na]. The van der Waals surface area contributed by atoms with E-state index in [4.69, 9.17) is 5.11 Å². The number of amides is 1. The average molecular weight is 283 g/mol. The van der Waals surface area contributed by atoms with E-state index in [1.807, 2.05) is 0 Å². The quantitative estimate of drug-likeness (QED) is 0.568. The van der Waals surface area contributed by atoms with Gasteiger partial charge in [-0.25, -0.2) is 4.79 Å². The molecule has 3 radical (unpaired) electrons. The summed E-state index contributed by atoms with van der Waals surface area (Å²) in [6, 6.07) is -1.01. The molecule has 0 aromatic heterocycles. The third kappa shape index (κ3) is 8.25. The topological polar surface area (TPSA) is 78.4 Å². The molecule has 1 aliphatic rings. The number of hydrogen-bond donors (Lipinski definition) is 3. The van der Waals surface area contributed by atoms with Crippen LogP contribution in [0.15, 0.2) is 0 Å². The molecule has 1 saturated heterocycles. The molecule has 0 bridgehead atoms. The van der Waals surface area contributed by atoms with Crippen LogP contribution in [0.3, 0.4) is 0 Å². The molecule has 8 heteroatoms. The summed E-state index contributed by atoms with van der Waals surface area (Å²) in [5.74, 6) is -1.28. The van der Waals surface area contributed by atoms with E-state index in [-0.39, 0.29) is 107 Å². The molecular weight excluding hydrogens is 265 g/mol. The summed E-state index contributed by atoms with van der Waals surface area (Å²) < 4.78 is 0. The number of hydrogen-bond acceptors (Lipinski definition) is 3. The zero-order valence-corrected chi connectivity index (χ0v) is 18.1. The van der Waals surface area contributed by atoms with Crippen LogP contribution in [0.1, 0.15) is 26.7 Å². The number of nitrogens with one attached hydrogen (secondary N) is 2. The van der Waals surface area contributed by atoms with Gasteiger partial charge in [0.25, 0.3) is 0 Å². The molecule has 0 aromatic rings. The van der Waals surface area contributed by atoms with Gasteiger partial charge in [-0.15, -0.1) is 0 Å². The van der Waals surface area contributed by atoms with Gasteiger partial charge in [0.15, 0.2) is 0 Å². The Bertz CT molecular complexity index is 259. The first-order valence-corrected chi connectivity index (χ1v) is 5.29. The Morgan fingerprint density at radius 1 is 1.28 bits per heavy atom. The maximum absolute atomic E-state index is 11.6. The van der Waals surface area contributed by atoms with Crippen LogP contribution in [0.25, 0.3) is 0 Å². The van der Waals surface area contributed by atoms with Gasteiger partial charge in [0.2, 0.25) is 5.91 Å². The van der Waals surface area contributed by atoms with Gasteiger partial charge in [-0.05, 0) is 25.3 Å². The molecule has 89 valence electrons. The van der Waals surface area contributed by atoms with Gasteiger partial charge in [0, 0.05) is 88.7 Å². The molecule has 0 spiro atoms. The van der Waals surface area contributed by atoms with Crippen LogP contribution in [-0.4, -0.2) is 124 Å². The summed E-state index contributed by atoms with van der Waals surface area (Å²) >= 11 is 0. The van der Waals surface area contributed by atoms with E-state index in [1.54, 1.807) is 13.8 Å². The van der Waals surface area contributed by atoms with Crippen molar-refractivity contribution in [3.63, 3.8) is 0 Å². The van der Waals surface area contributed by atoms with E-state index in [2.05, 4.69) is 10.6 Å². The number of carboxylic acids is 1. The van der Waals surface area contributed by atoms with Crippen LogP contribution in [-0.2, 0) is 9.59 Å². The fourth-order valence-corrected chi connectivity index (χ4v) is 1.68. The van der Waals surface area contributed by atoms with Crippen molar-refractivity contribution in [3.8, 4) is 0 Å². The monoisotopic (exact) mass is 283 g/mol. The molecule has 0 saturated carbocycles. The third-order valence-corrected chi connectivity index (χ3v) is 2.61. The molecule has 1 amide bonds. The van der Waals surface area contributed by atoms with Crippen molar-refractivity contribution in [1.29, 1.82) is 0 Å². The van der Waals surface area contributed by atoms with Crippen molar-refractivity contribution >= 4 is 101 Å². The smallest absolute Gasteiger partial charge is 0.326 e. The predicted molar refractivity (Wildman–Crippen MR) is 72.7 cm³/mol. The molecule has 1 fully saturated rings. The number of carbonyl (C=O) groups excluding carboxylic acids is 1. The van der Waals surface area contributed by atoms with Crippen LogP contribution in [0.5, 0.6) is 0 Å². The molecule has 1 aliphatic heterocycles. The summed E-state index contributed by atoms with van der Waals surface area (Å²) in [4.78, 5) is 22.5. The van der Waals surface area contributed by atoms with Crippen LogP contribution in [0.2, 0.25) is 0 Å². The number of rotatable bonds is 4. The Kier molecular flexibility index (Phi) is 17.5. The van der Waals surface area contributed by atoms with Crippen molar-refractivity contribution in [3.05, 3.63) is 0 Å². The van der Waals surface area contributed by atoms with Crippen molar-refractivity contribution in [2.24, 2.45) is 5.92 Å². The molecule has 0 aromatic carbocycles. The Labute approximate surface area is 174 Å². The summed E-state index contributed by atoms with van der Waals surface area (Å²) in [6.45, 7) is 4.39. The van der Waals surface area contributed by atoms with E-state index in [9.17, 15) is 9.59 Å². The van der Waals surface area contributed by atoms with E-state index in [0.29, 0.717) is 0 Å². The van der Waals surface area contributed by atoms with E-state index < -0.39 is 12.0 Å². The van der Waals surface area contributed by atoms with Crippen LogP contribution in [0, 0.1) is 5.92 Å². The fraction of sp³-hybridized carbons (Fsp3) is 0.800. The molecule has 3 N–H and O–H groups in total. The van der Waals surface area contributed by atoms with Gasteiger partial charge >= 0.3 is 5.97 Å². The first kappa shape index (κ1) is 24.9. The molecule has 2 atom stereocenters. The summed E-state index contributed by atoms with van der Waals surface area (Å²) in [5.41, 5.74) is 0. The van der Waals surface area contributed by atoms with E-state index >= 15 is 0 Å². The molecule has 18 heavy (non-hydrogen) atoms. The standard InChI is InChI=1S/C10H18N2O3.3Na/c1-6(2)8(10(14)15)12-9(13)7-4-3-5-11-7;;;/h6-8,11H,3-5H2,1-2H3,(H,12,13)(H,14,15);;;/t7-,8-;;;/m0.../s1.